The lowest BCUT2D eigenvalue weighted by atomic mass is 10.0. The van der Waals surface area contributed by atoms with Crippen LogP contribution in [0.25, 0.3) is 18.2 Å². The molecular formula is C64H107BrCl2N8O2S2. The van der Waals surface area contributed by atoms with Crippen LogP contribution in [-0.4, -0.2) is 112 Å². The summed E-state index contributed by atoms with van der Waals surface area (Å²) >= 11 is 11.7. The Morgan fingerprint density at radius 1 is 0.557 bits per heavy atom. The van der Waals surface area contributed by atoms with Crippen molar-refractivity contribution in [3.63, 3.8) is 0 Å². The van der Waals surface area contributed by atoms with E-state index >= 15 is 0 Å². The molecule has 0 atom stereocenters. The van der Waals surface area contributed by atoms with Crippen molar-refractivity contribution >= 4 is 82.6 Å². The number of pyridine rings is 1. The Morgan fingerprint density at radius 2 is 0.987 bits per heavy atom. The minimum Gasteiger partial charge on any atom is -1.00 e. The molecule has 0 aliphatic rings. The SMILES string of the molecule is C/C=C(\C=C/[NH2+]CCCC(=O)NCCS)/C=C/c1ccc(NCCCN(C)C)cc1.CCCCCCCCCCCCCCCCBr.CN(C)CCCNc1ccc(/C=C/c2cc[n+](CCCC(=O)NCCS)cc2)cc1.[Cl-].[Cl-]. The number of halogens is 3. The number of hydrogen-bond acceptors (Lipinski definition) is 8. The van der Waals surface area contributed by atoms with Crippen LogP contribution in [0.1, 0.15) is 159 Å². The Balaban J connectivity index is 0. The zero-order valence-corrected chi connectivity index (χ0v) is 54.5. The third-order valence-electron chi connectivity index (χ3n) is 12.6. The molecule has 3 aromatic rings. The van der Waals surface area contributed by atoms with E-state index in [2.05, 4.69) is 233 Å². The monoisotopic (exact) mass is 1230 g/mol. The van der Waals surface area contributed by atoms with Crippen molar-refractivity contribution in [1.82, 2.24) is 20.4 Å². The molecule has 10 nitrogen and oxygen atoms in total. The zero-order chi connectivity index (χ0) is 56.2. The minimum atomic E-state index is 0. The summed E-state index contributed by atoms with van der Waals surface area (Å²) in [6, 6.07) is 21.2. The summed E-state index contributed by atoms with van der Waals surface area (Å²) < 4.78 is 2.11. The van der Waals surface area contributed by atoms with Crippen LogP contribution in [0.4, 0.5) is 11.4 Å². The summed E-state index contributed by atoms with van der Waals surface area (Å²) in [5.74, 6) is 1.55. The number of unbranched alkanes of at least 4 members (excludes halogenated alkanes) is 13. The second kappa shape index (κ2) is 56.6. The molecule has 0 radical (unpaired) electrons. The quantitative estimate of drug-likeness (QED) is 0.0107. The van der Waals surface area contributed by atoms with Crippen LogP contribution in [0, 0.1) is 0 Å². The number of nitrogens with two attached hydrogens (primary N) is 1. The van der Waals surface area contributed by atoms with Crippen molar-refractivity contribution in [3.8, 4) is 0 Å². The van der Waals surface area contributed by atoms with Crippen LogP contribution in [0.15, 0.2) is 103 Å². The normalized spacial score (nSPS) is 11.3. The van der Waals surface area contributed by atoms with Crippen molar-refractivity contribution in [2.45, 2.75) is 149 Å². The number of benzene rings is 2. The Bertz CT molecular complexity index is 1970. The molecule has 0 aliphatic carbocycles. The first-order chi connectivity index (χ1) is 37.5. The van der Waals surface area contributed by atoms with Gasteiger partial charge in [-0.25, -0.2) is 4.57 Å². The molecule has 448 valence electrons. The highest BCUT2D eigenvalue weighted by Gasteiger charge is 2.05. The van der Waals surface area contributed by atoms with E-state index in [1.165, 1.54) is 106 Å². The third kappa shape index (κ3) is 49.1. The fraction of sp³-hybridized carbons (Fsp3) is 0.578. The largest absolute Gasteiger partial charge is 1.00 e. The Hall–Kier alpha value is -3.27. The molecule has 1 aromatic heterocycles. The van der Waals surface area contributed by atoms with Crippen molar-refractivity contribution in [1.29, 1.82) is 0 Å². The van der Waals surface area contributed by atoms with Gasteiger partial charge in [0.1, 0.15) is 6.54 Å². The van der Waals surface area contributed by atoms with Crippen molar-refractivity contribution in [3.05, 3.63) is 120 Å². The van der Waals surface area contributed by atoms with Gasteiger partial charge in [0.25, 0.3) is 0 Å². The second-order valence-electron chi connectivity index (χ2n) is 20.3. The van der Waals surface area contributed by atoms with Gasteiger partial charge in [-0.05, 0) is 120 Å². The maximum absolute atomic E-state index is 11.6. The van der Waals surface area contributed by atoms with Crippen LogP contribution < -0.4 is 56.0 Å². The number of nitrogens with zero attached hydrogens (tertiary/aromatic N) is 3. The summed E-state index contributed by atoms with van der Waals surface area (Å²) in [7, 11) is 8.39. The van der Waals surface area contributed by atoms with Crippen molar-refractivity contribution in [2.75, 3.05) is 101 Å². The van der Waals surface area contributed by atoms with E-state index in [1.807, 2.05) is 6.92 Å². The zero-order valence-electron chi connectivity index (χ0n) is 49.7. The molecule has 0 aliphatic heterocycles. The van der Waals surface area contributed by atoms with E-state index in [4.69, 9.17) is 0 Å². The lowest BCUT2D eigenvalue weighted by molar-refractivity contribution is -0.697. The van der Waals surface area contributed by atoms with Crippen LogP contribution in [-0.2, 0) is 16.1 Å². The first-order valence-corrected chi connectivity index (χ1v) is 31.7. The highest BCUT2D eigenvalue weighted by molar-refractivity contribution is 9.09. The number of nitrogens with one attached hydrogen (secondary N) is 4. The van der Waals surface area contributed by atoms with Gasteiger partial charge in [-0.3, -0.25) is 9.59 Å². The van der Waals surface area contributed by atoms with Gasteiger partial charge in [-0.1, -0.05) is 161 Å². The predicted molar refractivity (Wildman–Crippen MR) is 347 cm³/mol. The maximum Gasteiger partial charge on any atom is 0.220 e. The van der Waals surface area contributed by atoms with E-state index in [-0.39, 0.29) is 36.6 Å². The molecule has 6 N–H and O–H groups in total. The lowest BCUT2D eigenvalue weighted by Crippen LogP contribution is -3.00. The number of aryl methyl sites for hydroxylation is 1. The van der Waals surface area contributed by atoms with Gasteiger partial charge in [0.05, 0.1) is 12.7 Å². The predicted octanol–water partition coefficient (Wildman–Crippen LogP) is 7.12. The lowest BCUT2D eigenvalue weighted by Gasteiger charge is -2.10. The summed E-state index contributed by atoms with van der Waals surface area (Å²) in [4.78, 5) is 27.5. The van der Waals surface area contributed by atoms with Gasteiger partial charge in [0, 0.05) is 92.2 Å². The molecule has 0 saturated carbocycles. The van der Waals surface area contributed by atoms with Crippen LogP contribution in [0.2, 0.25) is 0 Å². The van der Waals surface area contributed by atoms with Crippen LogP contribution in [0.3, 0.4) is 0 Å². The van der Waals surface area contributed by atoms with E-state index in [1.54, 1.807) is 0 Å². The fourth-order valence-corrected chi connectivity index (χ4v) is 8.60. The number of carbonyl (C=O) groups excluding carboxylic acids is 2. The van der Waals surface area contributed by atoms with E-state index in [0.29, 0.717) is 37.4 Å². The Labute approximate surface area is 513 Å². The van der Waals surface area contributed by atoms with Gasteiger partial charge in [-0.15, -0.1) is 0 Å². The fourth-order valence-electron chi connectivity index (χ4n) is 7.98. The molecule has 3 rings (SSSR count). The number of allylic oxidation sites excluding steroid dienone is 4. The van der Waals surface area contributed by atoms with Gasteiger partial charge >= 0.3 is 0 Å². The van der Waals surface area contributed by atoms with E-state index < -0.39 is 0 Å². The third-order valence-corrected chi connectivity index (χ3v) is 13.6. The first-order valence-electron chi connectivity index (χ1n) is 29.3. The minimum absolute atomic E-state index is 0. The van der Waals surface area contributed by atoms with Gasteiger partial charge < -0.3 is 61.2 Å². The number of carbonyl (C=O) groups is 2. The highest BCUT2D eigenvalue weighted by Crippen LogP contribution is 2.16. The molecule has 0 saturated heterocycles. The summed E-state index contributed by atoms with van der Waals surface area (Å²) in [6.45, 7) is 11.5. The number of thiol groups is 2. The number of rotatable bonds is 42. The molecule has 15 heteroatoms. The molecular weight excluding hydrogens is 1130 g/mol. The number of aromatic nitrogens is 1. The topological polar surface area (TPSA) is 109 Å². The molecule has 79 heavy (non-hydrogen) atoms. The molecule has 0 fully saturated rings. The van der Waals surface area contributed by atoms with Crippen LogP contribution in [0.5, 0.6) is 0 Å². The molecule has 0 spiro atoms. The number of quaternary nitrogens is 1. The summed E-state index contributed by atoms with van der Waals surface area (Å²) in [5.41, 5.74) is 6.99. The molecule has 0 bridgehead atoms. The Morgan fingerprint density at radius 3 is 1.42 bits per heavy atom. The number of anilines is 2. The van der Waals surface area contributed by atoms with E-state index in [9.17, 15) is 9.59 Å². The molecule has 1 heterocycles. The average Bonchev–Trinajstić information content (AvgIpc) is 3.43. The van der Waals surface area contributed by atoms with Gasteiger partial charge in [0.2, 0.25) is 11.8 Å². The van der Waals surface area contributed by atoms with Crippen molar-refractivity contribution in [2.24, 2.45) is 0 Å². The number of alkyl halides is 1. The molecule has 2 amide bonds. The van der Waals surface area contributed by atoms with Gasteiger partial charge in [-0.2, -0.15) is 25.3 Å². The highest BCUT2D eigenvalue weighted by atomic mass is 79.9. The standard InChI is InChI=1S/C24H34N4OS.C24H38N4OS.C16H33Br.2ClH/c1-27(2)16-4-14-25-23-10-8-21(9-11-23)6-7-22-12-18-28(19-13-22)17-3-5-24(29)26-15-20-30;1-4-21(14-17-25-15-5-7-24(29)27-18-20-30)8-9-22-10-12-23(13-11-22)26-16-6-19-28(2)3;1-2-3-4-5-6-7-8-9-10-11-12-13-14-15-16-17;;/h6-13,18-19H,3-5,14-17,20H2,1-2H3,(H2,26,29,30);4,8-14,17,25-26,30H,5-7,15-16,18-20H2,1-3H3,(H,27,29);2-16H2,1H3;2*1H/b;9-8+,17-14-,21-4-;;;. The first kappa shape index (κ1) is 77.8. The summed E-state index contributed by atoms with van der Waals surface area (Å²) in [5, 5.41) is 15.9. The van der Waals surface area contributed by atoms with Crippen molar-refractivity contribution < 1.29 is 44.3 Å². The summed E-state index contributed by atoms with van der Waals surface area (Å²) in [6.07, 6.45) is 44.2. The average molecular weight is 1240 g/mol. The smallest absolute Gasteiger partial charge is 0.220 e. The molecule has 2 aromatic carbocycles. The maximum atomic E-state index is 11.6. The number of hydrogen-bond donors (Lipinski definition) is 7. The molecule has 0 unspecified atom stereocenters. The second-order valence-corrected chi connectivity index (χ2v) is 21.9. The van der Waals surface area contributed by atoms with E-state index in [0.717, 1.165) is 87.5 Å². The Kier molecular flexibility index (Phi) is 55.7. The van der Waals surface area contributed by atoms with Crippen LogP contribution >= 0.6 is 41.2 Å². The van der Waals surface area contributed by atoms with Gasteiger partial charge in [0.15, 0.2) is 12.4 Å². The number of amides is 2.